The predicted octanol–water partition coefficient (Wildman–Crippen LogP) is 13.0. The number of rotatable bonds is 3. The van der Waals surface area contributed by atoms with Crippen LogP contribution < -0.4 is 0 Å². The van der Waals surface area contributed by atoms with Crippen LogP contribution in [0.5, 0.6) is 0 Å². The number of fused-ring (bicyclic) bond motifs is 10. The fourth-order valence-electron chi connectivity index (χ4n) is 8.56. The Labute approximate surface area is 288 Å². The second-order valence-corrected chi connectivity index (χ2v) is 13.3. The summed E-state index contributed by atoms with van der Waals surface area (Å²) < 4.78 is 4.83. The molecular weight excluding hydrogens is 605 g/mol. The molecule has 9 aromatic carbocycles. The fraction of sp³-hybridized carbons (Fsp3) is 0. The Hall–Kier alpha value is -6.64. The van der Waals surface area contributed by atoms with Crippen molar-refractivity contribution in [1.82, 2.24) is 9.13 Å². The second-order valence-electron chi connectivity index (χ2n) is 13.3. The highest BCUT2D eigenvalue weighted by molar-refractivity contribution is 6.24. The zero-order valence-corrected chi connectivity index (χ0v) is 27.2. The summed E-state index contributed by atoms with van der Waals surface area (Å²) in [6, 6.07) is 66.7. The van der Waals surface area contributed by atoms with Crippen molar-refractivity contribution in [2.75, 3.05) is 0 Å². The van der Waals surface area contributed by atoms with Crippen molar-refractivity contribution in [1.29, 1.82) is 0 Å². The molecule has 0 unspecified atom stereocenters. The van der Waals surface area contributed by atoms with Crippen LogP contribution in [0.25, 0.3) is 98.4 Å². The predicted molar refractivity (Wildman–Crippen MR) is 213 cm³/mol. The average molecular weight is 635 g/mol. The van der Waals surface area contributed by atoms with Crippen molar-refractivity contribution in [2.24, 2.45) is 0 Å². The van der Waals surface area contributed by atoms with Crippen LogP contribution in [0.2, 0.25) is 0 Å². The van der Waals surface area contributed by atoms with Gasteiger partial charge in [-0.1, -0.05) is 127 Å². The summed E-state index contributed by atoms with van der Waals surface area (Å²) in [4.78, 5) is 0. The lowest BCUT2D eigenvalue weighted by atomic mass is 9.91. The van der Waals surface area contributed by atoms with E-state index in [1.807, 2.05) is 0 Å². The van der Waals surface area contributed by atoms with E-state index in [2.05, 4.69) is 191 Å². The summed E-state index contributed by atoms with van der Waals surface area (Å²) in [5.41, 5.74) is 9.78. The monoisotopic (exact) mass is 634 g/mol. The molecule has 2 heterocycles. The van der Waals surface area contributed by atoms with Crippen molar-refractivity contribution in [3.05, 3.63) is 182 Å². The van der Waals surface area contributed by atoms with E-state index < -0.39 is 0 Å². The molecule has 2 aromatic heterocycles. The molecule has 0 atom stereocenters. The standard InChI is InChI=1S/C48H30N2/c1-2-14-33(15-3-1)49-46-25-9-6-18-40(46)48-42-30-31-13-10-19-36(41(31)29-32(42)27-28-47(48)49)34-20-11-22-37-35(34)21-12-26-45(37)50-43-23-7-4-16-38(43)39-17-5-8-24-44(39)50/h1-30H. The van der Waals surface area contributed by atoms with Crippen molar-refractivity contribution >= 4 is 75.9 Å². The van der Waals surface area contributed by atoms with Gasteiger partial charge in [-0.05, 0) is 92.7 Å². The molecule has 0 amide bonds. The van der Waals surface area contributed by atoms with Crippen LogP contribution in [0.3, 0.4) is 0 Å². The number of hydrogen-bond acceptors (Lipinski definition) is 0. The first kappa shape index (κ1) is 27.3. The summed E-state index contributed by atoms with van der Waals surface area (Å²) in [5.74, 6) is 0. The molecule has 0 radical (unpaired) electrons. The van der Waals surface area contributed by atoms with Gasteiger partial charge in [0, 0.05) is 32.6 Å². The molecular formula is C48H30N2. The molecule has 11 aromatic rings. The van der Waals surface area contributed by atoms with E-state index in [0.29, 0.717) is 0 Å². The lowest BCUT2D eigenvalue weighted by molar-refractivity contribution is 1.18. The van der Waals surface area contributed by atoms with Gasteiger partial charge < -0.3 is 9.13 Å². The maximum absolute atomic E-state index is 2.44. The van der Waals surface area contributed by atoms with Crippen LogP contribution >= 0.6 is 0 Å². The smallest absolute Gasteiger partial charge is 0.0547 e. The van der Waals surface area contributed by atoms with Gasteiger partial charge in [-0.2, -0.15) is 0 Å². The molecule has 0 spiro atoms. The van der Waals surface area contributed by atoms with E-state index >= 15 is 0 Å². The maximum Gasteiger partial charge on any atom is 0.0547 e. The van der Waals surface area contributed by atoms with Crippen molar-refractivity contribution in [3.63, 3.8) is 0 Å². The van der Waals surface area contributed by atoms with Crippen LogP contribution in [-0.2, 0) is 0 Å². The third kappa shape index (κ3) is 3.79. The van der Waals surface area contributed by atoms with E-state index in [0.717, 1.165) is 0 Å². The largest absolute Gasteiger partial charge is 0.309 e. The Balaban J connectivity index is 1.16. The highest BCUT2D eigenvalue weighted by Gasteiger charge is 2.18. The average Bonchev–Trinajstić information content (AvgIpc) is 3.70. The molecule has 0 bridgehead atoms. The lowest BCUT2D eigenvalue weighted by Gasteiger charge is -2.15. The van der Waals surface area contributed by atoms with E-state index in [4.69, 9.17) is 0 Å². The summed E-state index contributed by atoms with van der Waals surface area (Å²) in [6.07, 6.45) is 0. The van der Waals surface area contributed by atoms with E-state index in [9.17, 15) is 0 Å². The van der Waals surface area contributed by atoms with Crippen molar-refractivity contribution < 1.29 is 0 Å². The van der Waals surface area contributed by atoms with Gasteiger partial charge in [0.15, 0.2) is 0 Å². The highest BCUT2D eigenvalue weighted by Crippen LogP contribution is 2.42. The number of nitrogens with zero attached hydrogens (tertiary/aromatic N) is 2. The van der Waals surface area contributed by atoms with Crippen LogP contribution in [-0.4, -0.2) is 9.13 Å². The van der Waals surface area contributed by atoms with Gasteiger partial charge in [0.1, 0.15) is 0 Å². The number of hydrogen-bond donors (Lipinski definition) is 0. The van der Waals surface area contributed by atoms with Gasteiger partial charge in [0.25, 0.3) is 0 Å². The molecule has 0 aliphatic heterocycles. The van der Waals surface area contributed by atoms with Gasteiger partial charge in [0.2, 0.25) is 0 Å². The fourth-order valence-corrected chi connectivity index (χ4v) is 8.56. The topological polar surface area (TPSA) is 9.86 Å². The minimum absolute atomic E-state index is 1.18. The Morgan fingerprint density at radius 1 is 0.280 bits per heavy atom. The highest BCUT2D eigenvalue weighted by atomic mass is 15.0. The second kappa shape index (κ2) is 10.4. The van der Waals surface area contributed by atoms with Crippen molar-refractivity contribution in [2.45, 2.75) is 0 Å². The van der Waals surface area contributed by atoms with Gasteiger partial charge in [-0.3, -0.25) is 0 Å². The minimum atomic E-state index is 1.18. The molecule has 0 saturated carbocycles. The van der Waals surface area contributed by atoms with Crippen molar-refractivity contribution in [3.8, 4) is 22.5 Å². The first-order chi connectivity index (χ1) is 24.8. The molecule has 0 aliphatic rings. The van der Waals surface area contributed by atoms with Crippen LogP contribution in [0.4, 0.5) is 0 Å². The van der Waals surface area contributed by atoms with E-state index in [-0.39, 0.29) is 0 Å². The quantitative estimate of drug-likeness (QED) is 0.171. The number of benzene rings is 9. The number of para-hydroxylation sites is 4. The van der Waals surface area contributed by atoms with Gasteiger partial charge in [0.05, 0.1) is 27.8 Å². The van der Waals surface area contributed by atoms with E-state index in [1.54, 1.807) is 0 Å². The molecule has 0 saturated heterocycles. The third-order valence-electron chi connectivity index (χ3n) is 10.7. The summed E-state index contributed by atoms with van der Waals surface area (Å²) in [5, 5.41) is 12.7. The summed E-state index contributed by atoms with van der Waals surface area (Å²) in [7, 11) is 0. The third-order valence-corrected chi connectivity index (χ3v) is 10.7. The molecule has 0 fully saturated rings. The zero-order valence-electron chi connectivity index (χ0n) is 27.2. The van der Waals surface area contributed by atoms with Crippen LogP contribution in [0.15, 0.2) is 182 Å². The molecule has 11 rings (SSSR count). The molecule has 0 aliphatic carbocycles. The molecule has 50 heavy (non-hydrogen) atoms. The first-order valence-corrected chi connectivity index (χ1v) is 17.3. The molecule has 2 heteroatoms. The van der Waals surface area contributed by atoms with Crippen LogP contribution in [0, 0.1) is 0 Å². The normalized spacial score (nSPS) is 12.0. The Kier molecular flexibility index (Phi) is 5.70. The van der Waals surface area contributed by atoms with E-state index in [1.165, 1.54) is 98.4 Å². The summed E-state index contributed by atoms with van der Waals surface area (Å²) in [6.45, 7) is 0. The Morgan fingerprint density at radius 2 is 0.820 bits per heavy atom. The zero-order chi connectivity index (χ0) is 32.8. The van der Waals surface area contributed by atoms with Gasteiger partial charge >= 0.3 is 0 Å². The van der Waals surface area contributed by atoms with Crippen LogP contribution in [0.1, 0.15) is 0 Å². The SMILES string of the molecule is c1ccc(-n2c3ccccc3c3c4cc5cccc(-c6cccc7c(-n8c9ccccc9c9ccccc98)cccc67)c5cc4ccc32)cc1. The number of aromatic nitrogens is 2. The molecule has 232 valence electrons. The molecule has 2 nitrogen and oxygen atoms in total. The maximum atomic E-state index is 2.44. The molecule has 0 N–H and O–H groups in total. The minimum Gasteiger partial charge on any atom is -0.309 e. The first-order valence-electron chi connectivity index (χ1n) is 17.3. The van der Waals surface area contributed by atoms with Gasteiger partial charge in [-0.25, -0.2) is 0 Å². The van der Waals surface area contributed by atoms with Gasteiger partial charge in [-0.15, -0.1) is 0 Å². The Morgan fingerprint density at radius 3 is 1.58 bits per heavy atom. The Bertz CT molecular complexity index is 3090. The summed E-state index contributed by atoms with van der Waals surface area (Å²) >= 11 is 0. The lowest BCUT2D eigenvalue weighted by Crippen LogP contribution is -1.96.